The Hall–Kier alpha value is -2.91. The molecule has 0 spiro atoms. The molecule has 0 saturated carbocycles. The molecule has 0 fully saturated rings. The van der Waals surface area contributed by atoms with E-state index in [-0.39, 0.29) is 11.3 Å². The van der Waals surface area contributed by atoms with Crippen molar-refractivity contribution in [3.8, 4) is 11.5 Å². The molecule has 0 N–H and O–H groups in total. The minimum Gasteiger partial charge on any atom is -0.546 e. The van der Waals surface area contributed by atoms with Crippen molar-refractivity contribution in [3.63, 3.8) is 0 Å². The summed E-state index contributed by atoms with van der Waals surface area (Å²) in [7, 11) is 1.45. The lowest BCUT2D eigenvalue weighted by molar-refractivity contribution is -0.307. The van der Waals surface area contributed by atoms with Gasteiger partial charge in [0.05, 0.1) is 33.1 Å². The highest BCUT2D eigenvalue weighted by Gasteiger charge is 2.14. The van der Waals surface area contributed by atoms with Crippen LogP contribution in [0.4, 0.5) is 0 Å². The van der Waals surface area contributed by atoms with Gasteiger partial charge in [0.25, 0.3) is 5.56 Å². The van der Waals surface area contributed by atoms with Gasteiger partial charge in [-0.15, -0.1) is 0 Å². The van der Waals surface area contributed by atoms with Gasteiger partial charge in [-0.1, -0.05) is 11.3 Å². The van der Waals surface area contributed by atoms with Gasteiger partial charge in [-0.3, -0.25) is 4.79 Å². The quantitative estimate of drug-likeness (QED) is 0.427. The molecule has 9 heteroatoms. The largest absolute Gasteiger partial charge is 0.546 e. The zero-order valence-corrected chi connectivity index (χ0v) is 18.7. The number of carboxylic acids is 1. The number of halogens is 1. The molecule has 0 radical (unpaired) electrons. The average molecular weight is 488 g/mol. The van der Waals surface area contributed by atoms with Gasteiger partial charge in [0.15, 0.2) is 16.5 Å². The Bertz CT molecular complexity index is 1420. The fourth-order valence-electron chi connectivity index (χ4n) is 3.16. The number of aliphatic carboxylic acids is 1. The third-order valence-corrected chi connectivity index (χ3v) is 6.30. The van der Waals surface area contributed by atoms with Crippen molar-refractivity contribution in [1.82, 2.24) is 9.38 Å². The Balaban J connectivity index is 1.84. The van der Waals surface area contributed by atoms with Crippen molar-refractivity contribution in [2.45, 2.75) is 13.8 Å². The average Bonchev–Trinajstić information content (AvgIpc) is 3.17. The first-order valence-electron chi connectivity index (χ1n) is 8.92. The van der Waals surface area contributed by atoms with E-state index in [1.165, 1.54) is 18.4 Å². The molecule has 0 aliphatic rings. The minimum absolute atomic E-state index is 0.145. The molecular weight excluding hydrogens is 472 g/mol. The van der Waals surface area contributed by atoms with Gasteiger partial charge in [-0.05, 0) is 76.8 Å². The minimum atomic E-state index is -1.34. The second-order valence-corrected chi connectivity index (χ2v) is 8.63. The summed E-state index contributed by atoms with van der Waals surface area (Å²) in [6, 6.07) is 7.36. The van der Waals surface area contributed by atoms with Crippen LogP contribution in [0, 0.1) is 13.8 Å². The van der Waals surface area contributed by atoms with Crippen LogP contribution < -0.4 is 24.7 Å². The molecule has 0 saturated heterocycles. The molecule has 0 unspecified atom stereocenters. The lowest BCUT2D eigenvalue weighted by Gasteiger charge is -2.13. The standard InChI is InChI=1S/C21H17BrN2O5S/c1-10-4-14-15(5-11(10)2)24-20(27)17(30-21(24)23-14)8-12-6-13(22)19(16(7-12)28-3)29-9-18(25)26/h4-8H,9H2,1-3H3,(H,25,26)/p-1/b17-8+. The molecule has 4 aromatic rings. The predicted octanol–water partition coefficient (Wildman–Crippen LogP) is 1.97. The number of carbonyl (C=O) groups is 1. The lowest BCUT2D eigenvalue weighted by atomic mass is 10.1. The number of hydrogen-bond acceptors (Lipinski definition) is 7. The highest BCUT2D eigenvalue weighted by atomic mass is 79.9. The molecular formula is C21H16BrN2O5S-. The summed E-state index contributed by atoms with van der Waals surface area (Å²) in [5.74, 6) is -0.753. The van der Waals surface area contributed by atoms with E-state index in [0.717, 1.165) is 22.2 Å². The number of benzene rings is 2. The molecule has 0 aliphatic carbocycles. The van der Waals surface area contributed by atoms with Crippen LogP contribution in [0.2, 0.25) is 0 Å². The third-order valence-electron chi connectivity index (χ3n) is 4.74. The molecule has 4 rings (SSSR count). The van der Waals surface area contributed by atoms with E-state index in [1.807, 2.05) is 26.0 Å². The molecule has 7 nitrogen and oxygen atoms in total. The van der Waals surface area contributed by atoms with Gasteiger partial charge in [0, 0.05) is 0 Å². The first-order valence-corrected chi connectivity index (χ1v) is 10.5. The van der Waals surface area contributed by atoms with Crippen molar-refractivity contribution in [1.29, 1.82) is 0 Å². The summed E-state index contributed by atoms with van der Waals surface area (Å²) in [6.45, 7) is 3.42. The molecule has 30 heavy (non-hydrogen) atoms. The van der Waals surface area contributed by atoms with E-state index in [1.54, 1.807) is 22.6 Å². The molecule has 2 aromatic carbocycles. The summed E-state index contributed by atoms with van der Waals surface area (Å²) >= 11 is 4.67. The number of rotatable bonds is 5. The second-order valence-electron chi connectivity index (χ2n) is 6.77. The summed E-state index contributed by atoms with van der Waals surface area (Å²) in [5, 5.41) is 10.7. The zero-order chi connectivity index (χ0) is 21.6. The predicted molar refractivity (Wildman–Crippen MR) is 116 cm³/mol. The number of fused-ring (bicyclic) bond motifs is 3. The number of nitrogens with zero attached hydrogens (tertiary/aromatic N) is 2. The molecule has 2 heterocycles. The first kappa shape index (κ1) is 20.4. The van der Waals surface area contributed by atoms with Crippen LogP contribution in [0.3, 0.4) is 0 Å². The van der Waals surface area contributed by atoms with Crippen LogP contribution >= 0.6 is 27.3 Å². The summed E-state index contributed by atoms with van der Waals surface area (Å²) in [5.41, 5.74) is 4.36. The fraction of sp³-hybridized carbons (Fsp3) is 0.190. The van der Waals surface area contributed by atoms with Gasteiger partial charge in [-0.2, -0.15) is 0 Å². The van der Waals surface area contributed by atoms with E-state index in [9.17, 15) is 14.7 Å². The first-order chi connectivity index (χ1) is 14.3. The summed E-state index contributed by atoms with van der Waals surface area (Å²) in [4.78, 5) is 29.0. The Morgan fingerprint density at radius 1 is 1.27 bits per heavy atom. The van der Waals surface area contributed by atoms with Crippen molar-refractivity contribution >= 4 is 55.3 Å². The Labute approximate surface area is 183 Å². The van der Waals surface area contributed by atoms with Crippen LogP contribution in [0.5, 0.6) is 11.5 Å². The number of carbonyl (C=O) groups excluding carboxylic acids is 1. The Kier molecular flexibility index (Phi) is 5.25. The number of imidazole rings is 1. The normalized spacial score (nSPS) is 12.1. The smallest absolute Gasteiger partial charge is 0.274 e. The van der Waals surface area contributed by atoms with E-state index < -0.39 is 12.6 Å². The number of ether oxygens (including phenoxy) is 2. The highest BCUT2D eigenvalue weighted by molar-refractivity contribution is 9.10. The number of methoxy groups -OCH3 is 1. The highest BCUT2D eigenvalue weighted by Crippen LogP contribution is 2.36. The fourth-order valence-corrected chi connectivity index (χ4v) is 4.73. The van der Waals surface area contributed by atoms with Gasteiger partial charge in [0.2, 0.25) is 0 Å². The molecule has 0 atom stereocenters. The van der Waals surface area contributed by atoms with Gasteiger partial charge in [-0.25, -0.2) is 9.38 Å². The second kappa shape index (κ2) is 7.73. The van der Waals surface area contributed by atoms with Crippen LogP contribution in [-0.4, -0.2) is 29.1 Å². The topological polar surface area (TPSA) is 93.0 Å². The van der Waals surface area contributed by atoms with Crippen LogP contribution in [-0.2, 0) is 4.79 Å². The molecule has 154 valence electrons. The van der Waals surface area contributed by atoms with Crippen molar-refractivity contribution < 1.29 is 19.4 Å². The SMILES string of the molecule is COc1cc(/C=c2/sc3nc4cc(C)c(C)cc4n3c2=O)cc(Br)c1OCC(=O)[O-]. The maximum Gasteiger partial charge on any atom is 0.274 e. The maximum absolute atomic E-state index is 13.1. The molecule has 2 aromatic heterocycles. The van der Waals surface area contributed by atoms with Crippen molar-refractivity contribution in [2.75, 3.05) is 13.7 Å². The summed E-state index contributed by atoms with van der Waals surface area (Å²) < 4.78 is 13.2. The van der Waals surface area contributed by atoms with E-state index in [0.29, 0.717) is 25.3 Å². The number of carboxylic acid groups (broad SMARTS) is 1. The van der Waals surface area contributed by atoms with Gasteiger partial charge in [0.1, 0.15) is 6.61 Å². The van der Waals surface area contributed by atoms with E-state index in [2.05, 4.69) is 20.9 Å². The third kappa shape index (κ3) is 3.54. The Morgan fingerprint density at radius 2 is 2.00 bits per heavy atom. The van der Waals surface area contributed by atoms with Crippen LogP contribution in [0.25, 0.3) is 22.1 Å². The zero-order valence-electron chi connectivity index (χ0n) is 16.3. The monoisotopic (exact) mass is 487 g/mol. The number of hydrogen-bond donors (Lipinski definition) is 0. The van der Waals surface area contributed by atoms with E-state index >= 15 is 0 Å². The molecule has 0 amide bonds. The number of aromatic nitrogens is 2. The number of thiazole rings is 1. The van der Waals surface area contributed by atoms with Crippen molar-refractivity contribution in [2.24, 2.45) is 0 Å². The maximum atomic E-state index is 13.1. The van der Waals surface area contributed by atoms with Gasteiger partial charge >= 0.3 is 0 Å². The van der Waals surface area contributed by atoms with Crippen LogP contribution in [0.1, 0.15) is 16.7 Å². The number of aryl methyl sites for hydroxylation is 2. The molecule has 0 aliphatic heterocycles. The van der Waals surface area contributed by atoms with E-state index in [4.69, 9.17) is 9.47 Å². The Morgan fingerprint density at radius 3 is 2.70 bits per heavy atom. The summed E-state index contributed by atoms with van der Waals surface area (Å²) in [6.07, 6.45) is 1.74. The lowest BCUT2D eigenvalue weighted by Crippen LogP contribution is -2.29. The molecule has 0 bridgehead atoms. The van der Waals surface area contributed by atoms with Gasteiger partial charge < -0.3 is 19.4 Å². The van der Waals surface area contributed by atoms with Crippen molar-refractivity contribution in [3.05, 3.63) is 60.3 Å². The van der Waals surface area contributed by atoms with Crippen LogP contribution in [0.15, 0.2) is 33.5 Å².